The molecule has 138 valence electrons. The van der Waals surface area contributed by atoms with Gasteiger partial charge in [-0.3, -0.25) is 0 Å². The lowest BCUT2D eigenvalue weighted by molar-refractivity contribution is 0.342. The molecule has 4 rings (SSSR count). The number of aromatic hydroxyl groups is 1. The zero-order valence-electron chi connectivity index (χ0n) is 15.0. The van der Waals surface area contributed by atoms with Gasteiger partial charge in [0.25, 0.3) is 0 Å². The number of benzene rings is 2. The average Bonchev–Trinajstić information content (AvgIpc) is 2.70. The lowest BCUT2D eigenvalue weighted by Gasteiger charge is -2.40. The minimum atomic E-state index is -0.326. The van der Waals surface area contributed by atoms with Crippen molar-refractivity contribution >= 4 is 11.5 Å². The summed E-state index contributed by atoms with van der Waals surface area (Å²) in [4.78, 5) is 2.20. The van der Waals surface area contributed by atoms with Crippen molar-refractivity contribution in [1.29, 1.82) is 0 Å². The average molecular weight is 361 g/mol. The summed E-state index contributed by atoms with van der Waals surface area (Å²) in [5.41, 5.74) is 15.7. The molecule has 1 fully saturated rings. The van der Waals surface area contributed by atoms with Gasteiger partial charge in [-0.1, -0.05) is 42.5 Å². The van der Waals surface area contributed by atoms with E-state index < -0.39 is 0 Å². The van der Waals surface area contributed by atoms with Crippen molar-refractivity contribution in [2.45, 2.75) is 18.4 Å². The van der Waals surface area contributed by atoms with Gasteiger partial charge < -0.3 is 21.5 Å². The first-order valence-electron chi connectivity index (χ1n) is 9.08. The molecule has 3 aromatic rings. The fourth-order valence-electron chi connectivity index (χ4n) is 3.67. The third-order valence-electron chi connectivity index (χ3n) is 5.33. The Morgan fingerprint density at radius 3 is 2.30 bits per heavy atom. The highest BCUT2D eigenvalue weighted by atomic mass is 16.3. The van der Waals surface area contributed by atoms with Crippen LogP contribution in [0.4, 0.5) is 11.5 Å². The number of anilines is 2. The molecule has 0 aliphatic carbocycles. The number of nitrogens with two attached hydrogens (primary N) is 2. The van der Waals surface area contributed by atoms with Crippen molar-refractivity contribution in [3.05, 3.63) is 66.2 Å². The fraction of sp³-hybridized carbons (Fsp3) is 0.238. The normalized spacial score (nSPS) is 16.3. The molecular weight excluding hydrogens is 338 g/mol. The van der Waals surface area contributed by atoms with E-state index in [0.29, 0.717) is 17.1 Å². The summed E-state index contributed by atoms with van der Waals surface area (Å²) in [5, 5.41) is 18.4. The third-order valence-corrected chi connectivity index (χ3v) is 5.33. The summed E-state index contributed by atoms with van der Waals surface area (Å²) in [6.45, 7) is 1.56. The van der Waals surface area contributed by atoms with E-state index in [1.54, 1.807) is 12.1 Å². The minimum Gasteiger partial charge on any atom is -0.507 e. The van der Waals surface area contributed by atoms with Crippen molar-refractivity contribution in [2.75, 3.05) is 23.7 Å². The van der Waals surface area contributed by atoms with Crippen molar-refractivity contribution < 1.29 is 5.11 Å². The molecule has 0 amide bonds. The molecule has 1 aromatic heterocycles. The van der Waals surface area contributed by atoms with E-state index in [4.69, 9.17) is 11.5 Å². The molecule has 0 saturated carbocycles. The molecule has 2 aromatic carbocycles. The van der Waals surface area contributed by atoms with Crippen LogP contribution in [-0.2, 0) is 5.54 Å². The number of phenols is 1. The Morgan fingerprint density at radius 2 is 1.59 bits per heavy atom. The summed E-state index contributed by atoms with van der Waals surface area (Å²) in [6, 6.07) is 19.2. The number of nitrogen functional groups attached to an aromatic ring is 1. The molecule has 0 bridgehead atoms. The van der Waals surface area contributed by atoms with Crippen LogP contribution in [0.5, 0.6) is 5.75 Å². The van der Waals surface area contributed by atoms with Crippen molar-refractivity contribution in [2.24, 2.45) is 5.73 Å². The fourth-order valence-corrected chi connectivity index (χ4v) is 3.67. The standard InChI is InChI=1S/C21H23N5O/c22-20-18(14-17(24-25-20)16-8-4-5-9-19(16)27)26-12-10-21(23,11-13-26)15-6-2-1-3-7-15/h1-9,14,27H,10-13,23H2,(H2,22,25). The van der Waals surface area contributed by atoms with Gasteiger partial charge in [0.2, 0.25) is 0 Å². The second kappa shape index (κ2) is 6.89. The highest BCUT2D eigenvalue weighted by Crippen LogP contribution is 2.36. The molecule has 5 N–H and O–H groups in total. The number of nitrogens with zero attached hydrogens (tertiary/aromatic N) is 3. The molecular formula is C21H23N5O. The maximum absolute atomic E-state index is 10.1. The molecule has 0 atom stereocenters. The maximum Gasteiger partial charge on any atom is 0.169 e. The Hall–Kier alpha value is -3.12. The van der Waals surface area contributed by atoms with Crippen molar-refractivity contribution in [1.82, 2.24) is 10.2 Å². The first-order valence-corrected chi connectivity index (χ1v) is 9.08. The van der Waals surface area contributed by atoms with Crippen LogP contribution < -0.4 is 16.4 Å². The van der Waals surface area contributed by atoms with Gasteiger partial charge in [0.1, 0.15) is 5.75 Å². The van der Waals surface area contributed by atoms with E-state index in [-0.39, 0.29) is 11.3 Å². The third kappa shape index (κ3) is 3.31. The largest absolute Gasteiger partial charge is 0.507 e. The second-order valence-electron chi connectivity index (χ2n) is 7.03. The van der Waals surface area contributed by atoms with Crippen LogP contribution in [0.1, 0.15) is 18.4 Å². The van der Waals surface area contributed by atoms with E-state index in [2.05, 4.69) is 27.2 Å². The zero-order chi connectivity index (χ0) is 18.9. The number of rotatable bonds is 3. The predicted octanol–water partition coefficient (Wildman–Crippen LogP) is 2.89. The van der Waals surface area contributed by atoms with Gasteiger partial charge in [-0.15, -0.1) is 10.2 Å². The smallest absolute Gasteiger partial charge is 0.169 e. The Balaban J connectivity index is 1.58. The molecule has 2 heterocycles. The van der Waals surface area contributed by atoms with Gasteiger partial charge in [-0.05, 0) is 36.6 Å². The molecule has 6 nitrogen and oxygen atoms in total. The number of para-hydroxylation sites is 1. The molecule has 1 aliphatic rings. The number of piperidine rings is 1. The Kier molecular flexibility index (Phi) is 4.41. The SMILES string of the molecule is Nc1nnc(-c2ccccc2O)cc1N1CCC(N)(c2ccccc2)CC1. The van der Waals surface area contributed by atoms with Crippen LogP contribution in [-0.4, -0.2) is 28.4 Å². The van der Waals surface area contributed by atoms with Gasteiger partial charge in [0.05, 0.1) is 11.4 Å². The minimum absolute atomic E-state index is 0.172. The van der Waals surface area contributed by atoms with Crippen LogP contribution >= 0.6 is 0 Å². The van der Waals surface area contributed by atoms with Gasteiger partial charge >= 0.3 is 0 Å². The van der Waals surface area contributed by atoms with Crippen molar-refractivity contribution in [3.8, 4) is 17.0 Å². The Labute approximate surface area is 158 Å². The Bertz CT molecular complexity index is 936. The number of hydrogen-bond donors (Lipinski definition) is 3. The van der Waals surface area contributed by atoms with E-state index in [9.17, 15) is 5.11 Å². The van der Waals surface area contributed by atoms with Crippen LogP contribution in [0.2, 0.25) is 0 Å². The molecule has 0 spiro atoms. The van der Waals surface area contributed by atoms with Gasteiger partial charge in [-0.2, -0.15) is 0 Å². The Morgan fingerprint density at radius 1 is 0.926 bits per heavy atom. The summed E-state index contributed by atoms with van der Waals surface area (Å²) < 4.78 is 0. The number of hydrogen-bond acceptors (Lipinski definition) is 6. The lowest BCUT2D eigenvalue weighted by Crippen LogP contribution is -2.48. The molecule has 6 heteroatoms. The quantitative estimate of drug-likeness (QED) is 0.663. The zero-order valence-corrected chi connectivity index (χ0v) is 15.0. The number of aromatic nitrogens is 2. The topological polar surface area (TPSA) is 101 Å². The summed E-state index contributed by atoms with van der Waals surface area (Å²) in [7, 11) is 0. The molecule has 27 heavy (non-hydrogen) atoms. The molecule has 1 saturated heterocycles. The van der Waals surface area contributed by atoms with Crippen LogP contribution in [0, 0.1) is 0 Å². The van der Waals surface area contributed by atoms with Crippen LogP contribution in [0.25, 0.3) is 11.3 Å². The molecule has 0 unspecified atom stereocenters. The van der Waals surface area contributed by atoms with Crippen LogP contribution in [0.15, 0.2) is 60.7 Å². The first-order chi connectivity index (χ1) is 13.1. The van der Waals surface area contributed by atoms with Crippen molar-refractivity contribution in [3.63, 3.8) is 0 Å². The van der Waals surface area contributed by atoms with E-state index in [0.717, 1.165) is 31.6 Å². The van der Waals surface area contributed by atoms with Gasteiger partial charge in [-0.25, -0.2) is 0 Å². The summed E-state index contributed by atoms with van der Waals surface area (Å²) in [6.07, 6.45) is 1.65. The molecule has 1 aliphatic heterocycles. The first kappa shape index (κ1) is 17.3. The highest BCUT2D eigenvalue weighted by molar-refractivity contribution is 5.74. The van der Waals surface area contributed by atoms with Crippen LogP contribution in [0.3, 0.4) is 0 Å². The van der Waals surface area contributed by atoms with E-state index in [1.807, 2.05) is 36.4 Å². The number of phenolic OH excluding ortho intramolecular Hbond substituents is 1. The van der Waals surface area contributed by atoms with E-state index in [1.165, 1.54) is 5.56 Å². The predicted molar refractivity (Wildman–Crippen MR) is 107 cm³/mol. The van der Waals surface area contributed by atoms with E-state index >= 15 is 0 Å². The monoisotopic (exact) mass is 361 g/mol. The summed E-state index contributed by atoms with van der Waals surface area (Å²) in [5.74, 6) is 0.560. The van der Waals surface area contributed by atoms with Gasteiger partial charge in [0.15, 0.2) is 5.82 Å². The second-order valence-corrected chi connectivity index (χ2v) is 7.03. The summed E-state index contributed by atoms with van der Waals surface area (Å²) >= 11 is 0. The highest BCUT2D eigenvalue weighted by Gasteiger charge is 2.33. The maximum atomic E-state index is 10.1. The molecule has 0 radical (unpaired) electrons. The van der Waals surface area contributed by atoms with Gasteiger partial charge in [0, 0.05) is 24.2 Å². The lowest BCUT2D eigenvalue weighted by atomic mass is 9.82.